The Balaban J connectivity index is 4.92. The smallest absolute Gasteiger partial charge is 0.329 e. The summed E-state index contributed by atoms with van der Waals surface area (Å²) in [6.07, 6.45) is 1.18. The number of carbonyl (C=O) groups is 2. The van der Waals surface area contributed by atoms with Crippen LogP contribution in [0.5, 0.6) is 0 Å². The highest BCUT2D eigenvalue weighted by Crippen LogP contribution is 2.20. The standard InChI is InChI=1S/C10H19NO3/c1-5-7-11(8(3)12)10(4,6-2)9(13)14/h5-7H2,1-4H3,(H,13,14). The third-order valence-electron chi connectivity index (χ3n) is 2.57. The summed E-state index contributed by atoms with van der Waals surface area (Å²) < 4.78 is 0. The van der Waals surface area contributed by atoms with Crippen molar-refractivity contribution < 1.29 is 14.7 Å². The van der Waals surface area contributed by atoms with Gasteiger partial charge in [-0.25, -0.2) is 4.79 Å². The first kappa shape index (κ1) is 12.9. The second kappa shape index (κ2) is 4.98. The minimum atomic E-state index is -1.07. The molecule has 0 rings (SSSR count). The molecule has 0 aliphatic heterocycles. The van der Waals surface area contributed by atoms with Gasteiger partial charge in [0.2, 0.25) is 5.91 Å². The number of hydrogen-bond donors (Lipinski definition) is 1. The van der Waals surface area contributed by atoms with Crippen molar-refractivity contribution in [2.24, 2.45) is 0 Å². The predicted molar refractivity (Wildman–Crippen MR) is 54.0 cm³/mol. The average molecular weight is 201 g/mol. The van der Waals surface area contributed by atoms with Crippen molar-refractivity contribution >= 4 is 11.9 Å². The molecule has 0 saturated carbocycles. The van der Waals surface area contributed by atoms with Crippen molar-refractivity contribution in [3.63, 3.8) is 0 Å². The number of aliphatic carboxylic acids is 1. The Hall–Kier alpha value is -1.06. The summed E-state index contributed by atoms with van der Waals surface area (Å²) >= 11 is 0. The van der Waals surface area contributed by atoms with E-state index in [-0.39, 0.29) is 5.91 Å². The van der Waals surface area contributed by atoms with Gasteiger partial charge in [0, 0.05) is 13.5 Å². The average Bonchev–Trinajstić information content (AvgIpc) is 2.12. The van der Waals surface area contributed by atoms with Crippen LogP contribution in [-0.4, -0.2) is 34.0 Å². The number of carbonyl (C=O) groups excluding carboxylic acids is 1. The van der Waals surface area contributed by atoms with E-state index in [1.807, 2.05) is 6.92 Å². The van der Waals surface area contributed by atoms with Crippen molar-refractivity contribution in [3.8, 4) is 0 Å². The van der Waals surface area contributed by atoms with Crippen LogP contribution in [0.25, 0.3) is 0 Å². The minimum absolute atomic E-state index is 0.182. The van der Waals surface area contributed by atoms with E-state index in [0.717, 1.165) is 6.42 Å². The van der Waals surface area contributed by atoms with Gasteiger partial charge in [0.25, 0.3) is 0 Å². The molecule has 0 aromatic rings. The number of rotatable bonds is 5. The molecule has 4 nitrogen and oxygen atoms in total. The zero-order valence-corrected chi connectivity index (χ0v) is 9.33. The number of amides is 1. The van der Waals surface area contributed by atoms with Crippen LogP contribution in [-0.2, 0) is 9.59 Å². The highest BCUT2D eigenvalue weighted by molar-refractivity contribution is 5.85. The van der Waals surface area contributed by atoms with Gasteiger partial charge in [-0.05, 0) is 19.8 Å². The molecule has 0 aromatic carbocycles. The van der Waals surface area contributed by atoms with Crippen molar-refractivity contribution in [2.45, 2.75) is 46.1 Å². The highest BCUT2D eigenvalue weighted by Gasteiger charge is 2.38. The van der Waals surface area contributed by atoms with Gasteiger partial charge in [-0.3, -0.25) is 4.79 Å². The summed E-state index contributed by atoms with van der Waals surface area (Å²) in [4.78, 5) is 23.8. The number of hydrogen-bond acceptors (Lipinski definition) is 2. The van der Waals surface area contributed by atoms with Crippen LogP contribution in [0.1, 0.15) is 40.5 Å². The van der Waals surface area contributed by atoms with Gasteiger partial charge in [-0.1, -0.05) is 13.8 Å². The molecule has 1 unspecified atom stereocenters. The third kappa shape index (κ3) is 2.47. The molecule has 4 heteroatoms. The lowest BCUT2D eigenvalue weighted by Gasteiger charge is -2.36. The summed E-state index contributed by atoms with van der Waals surface area (Å²) in [5.41, 5.74) is -1.07. The second-order valence-corrected chi connectivity index (χ2v) is 3.60. The lowest BCUT2D eigenvalue weighted by molar-refractivity contribution is -0.157. The lowest BCUT2D eigenvalue weighted by atomic mass is 9.96. The fourth-order valence-corrected chi connectivity index (χ4v) is 1.43. The largest absolute Gasteiger partial charge is 0.480 e. The van der Waals surface area contributed by atoms with E-state index in [1.165, 1.54) is 11.8 Å². The van der Waals surface area contributed by atoms with Crippen molar-refractivity contribution in [1.82, 2.24) is 4.90 Å². The van der Waals surface area contributed by atoms with E-state index < -0.39 is 11.5 Å². The summed E-state index contributed by atoms with van der Waals surface area (Å²) in [5, 5.41) is 9.08. The van der Waals surface area contributed by atoms with Gasteiger partial charge in [0.1, 0.15) is 5.54 Å². The normalized spacial score (nSPS) is 14.6. The molecule has 0 aliphatic carbocycles. The van der Waals surface area contributed by atoms with Crippen molar-refractivity contribution in [2.75, 3.05) is 6.54 Å². The van der Waals surface area contributed by atoms with Gasteiger partial charge >= 0.3 is 5.97 Å². The Morgan fingerprint density at radius 3 is 2.07 bits per heavy atom. The van der Waals surface area contributed by atoms with E-state index in [1.54, 1.807) is 13.8 Å². The Morgan fingerprint density at radius 2 is 1.86 bits per heavy atom. The molecule has 0 aromatic heterocycles. The van der Waals surface area contributed by atoms with E-state index >= 15 is 0 Å². The monoisotopic (exact) mass is 201 g/mol. The van der Waals surface area contributed by atoms with Crippen LogP contribution in [0.15, 0.2) is 0 Å². The number of carboxylic acids is 1. The molecular formula is C10H19NO3. The molecule has 14 heavy (non-hydrogen) atoms. The maximum atomic E-state index is 11.3. The second-order valence-electron chi connectivity index (χ2n) is 3.60. The molecule has 82 valence electrons. The molecule has 0 spiro atoms. The van der Waals surface area contributed by atoms with Gasteiger partial charge in [0.15, 0.2) is 0 Å². The van der Waals surface area contributed by atoms with Crippen molar-refractivity contribution in [1.29, 1.82) is 0 Å². The molecule has 0 bridgehead atoms. The Bertz CT molecular complexity index is 227. The van der Waals surface area contributed by atoms with Crippen LogP contribution < -0.4 is 0 Å². The quantitative estimate of drug-likeness (QED) is 0.733. The third-order valence-corrected chi connectivity index (χ3v) is 2.57. The van der Waals surface area contributed by atoms with E-state index in [9.17, 15) is 9.59 Å². The van der Waals surface area contributed by atoms with Crippen LogP contribution in [0, 0.1) is 0 Å². The summed E-state index contributed by atoms with van der Waals surface area (Å²) in [6.45, 7) is 7.19. The Kier molecular flexibility index (Phi) is 4.60. The molecule has 0 radical (unpaired) electrons. The van der Waals surface area contributed by atoms with Crippen LogP contribution in [0.3, 0.4) is 0 Å². The first-order valence-electron chi connectivity index (χ1n) is 4.91. The molecule has 1 atom stereocenters. The molecule has 1 N–H and O–H groups in total. The maximum Gasteiger partial charge on any atom is 0.329 e. The van der Waals surface area contributed by atoms with Gasteiger partial charge in [0.05, 0.1) is 0 Å². The van der Waals surface area contributed by atoms with Crippen molar-refractivity contribution in [3.05, 3.63) is 0 Å². The first-order valence-corrected chi connectivity index (χ1v) is 4.91. The topological polar surface area (TPSA) is 57.6 Å². The molecule has 0 saturated heterocycles. The zero-order valence-electron chi connectivity index (χ0n) is 9.33. The predicted octanol–water partition coefficient (Wildman–Crippen LogP) is 1.50. The number of nitrogens with zero attached hydrogens (tertiary/aromatic N) is 1. The summed E-state index contributed by atoms with van der Waals surface area (Å²) in [7, 11) is 0. The van der Waals surface area contributed by atoms with Crippen LogP contribution in [0.4, 0.5) is 0 Å². The summed E-state index contributed by atoms with van der Waals surface area (Å²) in [6, 6.07) is 0. The molecule has 1 amide bonds. The lowest BCUT2D eigenvalue weighted by Crippen LogP contribution is -2.54. The van der Waals surface area contributed by atoms with Gasteiger partial charge < -0.3 is 10.0 Å². The molecular weight excluding hydrogens is 182 g/mol. The molecule has 0 aliphatic rings. The minimum Gasteiger partial charge on any atom is -0.480 e. The van der Waals surface area contributed by atoms with E-state index in [0.29, 0.717) is 13.0 Å². The number of carboxylic acid groups (broad SMARTS) is 1. The van der Waals surface area contributed by atoms with Crippen LogP contribution >= 0.6 is 0 Å². The zero-order chi connectivity index (χ0) is 11.4. The fraction of sp³-hybridized carbons (Fsp3) is 0.800. The van der Waals surface area contributed by atoms with E-state index in [2.05, 4.69) is 0 Å². The SMILES string of the molecule is CCCN(C(C)=O)C(C)(CC)C(=O)O. The maximum absolute atomic E-state index is 11.3. The molecule has 0 heterocycles. The Morgan fingerprint density at radius 1 is 1.36 bits per heavy atom. The van der Waals surface area contributed by atoms with E-state index in [4.69, 9.17) is 5.11 Å². The fourth-order valence-electron chi connectivity index (χ4n) is 1.43. The van der Waals surface area contributed by atoms with Gasteiger partial charge in [-0.15, -0.1) is 0 Å². The first-order chi connectivity index (χ1) is 6.40. The summed E-state index contributed by atoms with van der Waals surface area (Å²) in [5.74, 6) is -1.12. The van der Waals surface area contributed by atoms with Gasteiger partial charge in [-0.2, -0.15) is 0 Å². The highest BCUT2D eigenvalue weighted by atomic mass is 16.4. The van der Waals surface area contributed by atoms with Crippen LogP contribution in [0.2, 0.25) is 0 Å². The Labute approximate surface area is 84.9 Å². The molecule has 0 fully saturated rings.